The van der Waals surface area contributed by atoms with Gasteiger partial charge in [-0.15, -0.1) is 0 Å². The summed E-state index contributed by atoms with van der Waals surface area (Å²) in [5, 5.41) is 10.1. The molecule has 2 N–H and O–H groups in total. The van der Waals surface area contributed by atoms with Gasteiger partial charge in [0.15, 0.2) is 0 Å². The monoisotopic (exact) mass is 283 g/mol. The van der Waals surface area contributed by atoms with Crippen LogP contribution in [0.3, 0.4) is 0 Å². The average Bonchev–Trinajstić information content (AvgIpc) is 3.04. The number of nitrogens with zero attached hydrogens (tertiary/aromatic N) is 3. The molecule has 1 amide bonds. The Labute approximate surface area is 122 Å². The Bertz CT molecular complexity index is 773. The Morgan fingerprint density at radius 3 is 3.10 bits per heavy atom. The number of carbonyl (C=O) groups is 1. The standard InChI is InChI=1S/C15H17N5O/c1-10(7-12-8-11(2)18-19-12)17-15(21)13-9-16-14-5-3-4-6-20(13)14/h3-6,8-10H,7H2,1-2H3,(H,17,21)(H,18,19)/t10-/m1/s1. The van der Waals surface area contributed by atoms with Gasteiger partial charge in [-0.3, -0.25) is 14.3 Å². The van der Waals surface area contributed by atoms with Crippen molar-refractivity contribution in [1.29, 1.82) is 0 Å². The maximum absolute atomic E-state index is 12.3. The predicted molar refractivity (Wildman–Crippen MR) is 79.1 cm³/mol. The lowest BCUT2D eigenvalue weighted by Gasteiger charge is -2.12. The number of rotatable bonds is 4. The first-order chi connectivity index (χ1) is 10.1. The van der Waals surface area contributed by atoms with Crippen molar-refractivity contribution in [2.45, 2.75) is 26.3 Å². The summed E-state index contributed by atoms with van der Waals surface area (Å²) in [6.07, 6.45) is 4.11. The number of aryl methyl sites for hydroxylation is 1. The molecule has 6 heteroatoms. The highest BCUT2D eigenvalue weighted by Gasteiger charge is 2.15. The molecule has 0 aliphatic heterocycles. The predicted octanol–water partition coefficient (Wildman–Crippen LogP) is 1.73. The molecule has 0 aliphatic rings. The molecule has 0 saturated carbocycles. The van der Waals surface area contributed by atoms with Crippen molar-refractivity contribution < 1.29 is 4.79 Å². The van der Waals surface area contributed by atoms with Gasteiger partial charge in [0.05, 0.1) is 11.9 Å². The van der Waals surface area contributed by atoms with Crippen LogP contribution in [0.25, 0.3) is 5.65 Å². The van der Waals surface area contributed by atoms with Crippen molar-refractivity contribution in [1.82, 2.24) is 24.9 Å². The van der Waals surface area contributed by atoms with Crippen LogP contribution in [0, 0.1) is 6.92 Å². The van der Waals surface area contributed by atoms with Gasteiger partial charge in [-0.25, -0.2) is 4.98 Å². The van der Waals surface area contributed by atoms with Crippen LogP contribution >= 0.6 is 0 Å². The number of nitrogens with one attached hydrogen (secondary N) is 2. The molecular weight excluding hydrogens is 266 g/mol. The molecule has 0 saturated heterocycles. The molecule has 3 heterocycles. The van der Waals surface area contributed by atoms with E-state index in [0.717, 1.165) is 17.0 Å². The molecule has 1 atom stereocenters. The molecule has 3 rings (SSSR count). The van der Waals surface area contributed by atoms with Gasteiger partial charge < -0.3 is 5.32 Å². The Morgan fingerprint density at radius 2 is 2.33 bits per heavy atom. The third-order valence-corrected chi connectivity index (χ3v) is 3.30. The number of fused-ring (bicyclic) bond motifs is 1. The fourth-order valence-electron chi connectivity index (χ4n) is 2.34. The smallest absolute Gasteiger partial charge is 0.270 e. The van der Waals surface area contributed by atoms with Gasteiger partial charge in [-0.2, -0.15) is 5.10 Å². The zero-order valence-corrected chi connectivity index (χ0v) is 12.0. The molecule has 0 spiro atoms. The number of H-pyrrole nitrogens is 1. The van der Waals surface area contributed by atoms with Gasteiger partial charge in [0, 0.05) is 24.4 Å². The number of hydrogen-bond acceptors (Lipinski definition) is 3. The fraction of sp³-hybridized carbons (Fsp3) is 0.267. The first kappa shape index (κ1) is 13.4. The van der Waals surface area contributed by atoms with Crippen LogP contribution in [0.4, 0.5) is 0 Å². The Hall–Kier alpha value is -2.63. The van der Waals surface area contributed by atoms with Crippen LogP contribution in [-0.4, -0.2) is 31.5 Å². The molecule has 0 fully saturated rings. The van der Waals surface area contributed by atoms with E-state index < -0.39 is 0 Å². The maximum Gasteiger partial charge on any atom is 0.270 e. The number of aromatic amines is 1. The largest absolute Gasteiger partial charge is 0.348 e. The number of pyridine rings is 1. The summed E-state index contributed by atoms with van der Waals surface area (Å²) in [5.74, 6) is -0.131. The van der Waals surface area contributed by atoms with Crippen LogP contribution in [-0.2, 0) is 6.42 Å². The molecule has 0 unspecified atom stereocenters. The molecule has 0 bridgehead atoms. The molecule has 108 valence electrons. The van der Waals surface area contributed by atoms with E-state index in [1.807, 2.05) is 44.3 Å². The number of amides is 1. The summed E-state index contributed by atoms with van der Waals surface area (Å²) in [6.45, 7) is 3.92. The number of imidazole rings is 1. The molecule has 3 aromatic rings. The van der Waals surface area contributed by atoms with Crippen LogP contribution in [0.15, 0.2) is 36.7 Å². The molecule has 0 aromatic carbocycles. The van der Waals surface area contributed by atoms with Gasteiger partial charge in [-0.05, 0) is 32.0 Å². The van der Waals surface area contributed by atoms with E-state index in [0.29, 0.717) is 12.1 Å². The lowest BCUT2D eigenvalue weighted by Crippen LogP contribution is -2.34. The van der Waals surface area contributed by atoms with Crippen molar-refractivity contribution in [2.24, 2.45) is 0 Å². The maximum atomic E-state index is 12.3. The first-order valence-electron chi connectivity index (χ1n) is 6.87. The van der Waals surface area contributed by atoms with E-state index >= 15 is 0 Å². The van der Waals surface area contributed by atoms with E-state index in [1.54, 1.807) is 10.6 Å². The molecule has 3 aromatic heterocycles. The highest BCUT2D eigenvalue weighted by Crippen LogP contribution is 2.07. The average molecular weight is 283 g/mol. The fourth-order valence-corrected chi connectivity index (χ4v) is 2.34. The van der Waals surface area contributed by atoms with Crippen molar-refractivity contribution in [2.75, 3.05) is 0 Å². The van der Waals surface area contributed by atoms with Crippen molar-refractivity contribution in [3.05, 3.63) is 53.7 Å². The third kappa shape index (κ3) is 2.79. The Kier molecular flexibility index (Phi) is 3.43. The first-order valence-corrected chi connectivity index (χ1v) is 6.87. The topological polar surface area (TPSA) is 75.1 Å². The number of hydrogen-bond donors (Lipinski definition) is 2. The van der Waals surface area contributed by atoms with Crippen molar-refractivity contribution in [3.8, 4) is 0 Å². The minimum absolute atomic E-state index is 0.00513. The van der Waals surface area contributed by atoms with Gasteiger partial charge in [0.25, 0.3) is 5.91 Å². The quantitative estimate of drug-likeness (QED) is 0.765. The van der Waals surface area contributed by atoms with Crippen molar-refractivity contribution >= 4 is 11.6 Å². The second-order valence-corrected chi connectivity index (χ2v) is 5.19. The van der Waals surface area contributed by atoms with Crippen LogP contribution in [0.1, 0.15) is 28.8 Å². The van der Waals surface area contributed by atoms with E-state index in [-0.39, 0.29) is 11.9 Å². The molecule has 0 radical (unpaired) electrons. The SMILES string of the molecule is Cc1cc(C[C@@H](C)NC(=O)c2cnc3ccccn23)n[nH]1. The highest BCUT2D eigenvalue weighted by molar-refractivity contribution is 5.93. The van der Waals surface area contributed by atoms with Gasteiger partial charge in [0.2, 0.25) is 0 Å². The highest BCUT2D eigenvalue weighted by atomic mass is 16.2. The number of aromatic nitrogens is 4. The van der Waals surface area contributed by atoms with E-state index in [4.69, 9.17) is 0 Å². The summed E-state index contributed by atoms with van der Waals surface area (Å²) in [6, 6.07) is 7.62. The normalized spacial score (nSPS) is 12.5. The lowest BCUT2D eigenvalue weighted by molar-refractivity contribution is 0.0934. The summed E-state index contributed by atoms with van der Waals surface area (Å²) in [7, 11) is 0. The van der Waals surface area contributed by atoms with E-state index in [2.05, 4.69) is 20.5 Å². The zero-order chi connectivity index (χ0) is 14.8. The van der Waals surface area contributed by atoms with Crippen molar-refractivity contribution in [3.63, 3.8) is 0 Å². The lowest BCUT2D eigenvalue weighted by atomic mass is 10.1. The van der Waals surface area contributed by atoms with Gasteiger partial charge >= 0.3 is 0 Å². The minimum atomic E-state index is -0.131. The molecule has 0 aliphatic carbocycles. The minimum Gasteiger partial charge on any atom is -0.348 e. The van der Waals surface area contributed by atoms with Crippen LogP contribution < -0.4 is 5.32 Å². The summed E-state index contributed by atoms with van der Waals surface area (Å²) < 4.78 is 1.78. The summed E-state index contributed by atoms with van der Waals surface area (Å²) in [4.78, 5) is 16.5. The second kappa shape index (κ2) is 5.40. The third-order valence-electron chi connectivity index (χ3n) is 3.30. The summed E-state index contributed by atoms with van der Waals surface area (Å²) >= 11 is 0. The van der Waals surface area contributed by atoms with Crippen LogP contribution in [0.5, 0.6) is 0 Å². The molecule has 21 heavy (non-hydrogen) atoms. The summed E-state index contributed by atoms with van der Waals surface area (Å²) in [5.41, 5.74) is 3.26. The van der Waals surface area contributed by atoms with Gasteiger partial charge in [0.1, 0.15) is 11.3 Å². The second-order valence-electron chi connectivity index (χ2n) is 5.19. The zero-order valence-electron chi connectivity index (χ0n) is 12.0. The van der Waals surface area contributed by atoms with E-state index in [9.17, 15) is 4.79 Å². The molecular formula is C15H17N5O. The van der Waals surface area contributed by atoms with E-state index in [1.165, 1.54) is 0 Å². The number of carbonyl (C=O) groups excluding carboxylic acids is 1. The Morgan fingerprint density at radius 1 is 1.48 bits per heavy atom. The molecule has 6 nitrogen and oxygen atoms in total. The van der Waals surface area contributed by atoms with Crippen LogP contribution in [0.2, 0.25) is 0 Å². The van der Waals surface area contributed by atoms with Gasteiger partial charge in [-0.1, -0.05) is 6.07 Å². The Balaban J connectivity index is 1.71.